The lowest BCUT2D eigenvalue weighted by atomic mass is 10.1. The fourth-order valence-corrected chi connectivity index (χ4v) is 1.19. The van der Waals surface area contributed by atoms with Gasteiger partial charge in [-0.1, -0.05) is 17.3 Å². The lowest BCUT2D eigenvalue weighted by Gasteiger charge is -1.95. The van der Waals surface area contributed by atoms with Crippen molar-refractivity contribution in [3.63, 3.8) is 0 Å². The molecule has 0 spiro atoms. The predicted molar refractivity (Wildman–Crippen MR) is 48.2 cm³/mol. The first kappa shape index (κ1) is 8.87. The van der Waals surface area contributed by atoms with E-state index in [0.29, 0.717) is 18.1 Å². The number of halogens is 1. The fraction of sp³-hybridized carbons (Fsp3) is 0.200. The number of nitrogens with zero attached hydrogens (tertiary/aromatic N) is 2. The molecule has 0 unspecified atom stereocenters. The van der Waals surface area contributed by atoms with E-state index in [9.17, 15) is 4.39 Å². The zero-order chi connectivity index (χ0) is 9.97. The number of hydrogen-bond donors (Lipinski definition) is 0. The molecule has 2 aromatic rings. The Balaban J connectivity index is 2.15. The molecule has 1 heterocycles. The minimum Gasteiger partial charge on any atom is -0.339 e. The summed E-state index contributed by atoms with van der Waals surface area (Å²) in [5.74, 6) is 0.923. The van der Waals surface area contributed by atoms with E-state index in [1.165, 1.54) is 12.1 Å². The largest absolute Gasteiger partial charge is 0.339 e. The summed E-state index contributed by atoms with van der Waals surface area (Å²) in [7, 11) is 0. The zero-order valence-electron chi connectivity index (χ0n) is 7.70. The number of benzene rings is 1. The van der Waals surface area contributed by atoms with Gasteiger partial charge in [0.2, 0.25) is 5.89 Å². The van der Waals surface area contributed by atoms with Crippen LogP contribution < -0.4 is 0 Å². The molecule has 0 saturated carbocycles. The van der Waals surface area contributed by atoms with Crippen LogP contribution >= 0.6 is 0 Å². The van der Waals surface area contributed by atoms with Crippen molar-refractivity contribution >= 4 is 0 Å². The van der Waals surface area contributed by atoms with Gasteiger partial charge in [-0.15, -0.1) is 0 Å². The Bertz CT molecular complexity index is 422. The topological polar surface area (TPSA) is 38.9 Å². The van der Waals surface area contributed by atoms with E-state index in [1.54, 1.807) is 19.1 Å². The number of aromatic nitrogens is 2. The summed E-state index contributed by atoms with van der Waals surface area (Å²) in [5.41, 5.74) is 0.954. The molecule has 0 saturated heterocycles. The van der Waals surface area contributed by atoms with Crippen LogP contribution in [0.2, 0.25) is 0 Å². The third-order valence-corrected chi connectivity index (χ3v) is 1.84. The summed E-state index contributed by atoms with van der Waals surface area (Å²) in [6, 6.07) is 6.24. The second kappa shape index (κ2) is 3.57. The predicted octanol–water partition coefficient (Wildman–Crippen LogP) is 2.11. The zero-order valence-corrected chi connectivity index (χ0v) is 7.70. The third kappa shape index (κ3) is 1.96. The molecule has 72 valence electrons. The van der Waals surface area contributed by atoms with Crippen molar-refractivity contribution < 1.29 is 8.91 Å². The van der Waals surface area contributed by atoms with Gasteiger partial charge in [0.15, 0.2) is 5.82 Å². The summed E-state index contributed by atoms with van der Waals surface area (Å²) in [6.07, 6.45) is 0.543. The summed E-state index contributed by atoms with van der Waals surface area (Å²) in [4.78, 5) is 4.06. The second-order valence-electron chi connectivity index (χ2n) is 3.04. The van der Waals surface area contributed by atoms with Crippen molar-refractivity contribution in [1.82, 2.24) is 10.1 Å². The van der Waals surface area contributed by atoms with Gasteiger partial charge in [-0.3, -0.25) is 0 Å². The highest BCUT2D eigenvalue weighted by Gasteiger charge is 2.03. The maximum absolute atomic E-state index is 12.6. The monoisotopic (exact) mass is 192 g/mol. The first-order chi connectivity index (χ1) is 6.74. The van der Waals surface area contributed by atoms with Gasteiger partial charge in [0, 0.05) is 0 Å². The van der Waals surface area contributed by atoms with Gasteiger partial charge in [0.05, 0.1) is 6.42 Å². The summed E-state index contributed by atoms with van der Waals surface area (Å²) >= 11 is 0. The Morgan fingerprint density at radius 3 is 2.57 bits per heavy atom. The highest BCUT2D eigenvalue weighted by Crippen LogP contribution is 2.08. The maximum Gasteiger partial charge on any atom is 0.231 e. The van der Waals surface area contributed by atoms with E-state index in [-0.39, 0.29) is 5.82 Å². The summed E-state index contributed by atoms with van der Waals surface area (Å²) in [5, 5.41) is 3.67. The molecule has 0 N–H and O–H groups in total. The molecular formula is C10H9FN2O. The number of rotatable bonds is 2. The van der Waals surface area contributed by atoms with E-state index in [2.05, 4.69) is 10.1 Å². The average Bonchev–Trinajstić information content (AvgIpc) is 2.56. The quantitative estimate of drug-likeness (QED) is 0.731. The Kier molecular flexibility index (Phi) is 2.26. The maximum atomic E-state index is 12.6. The standard InChI is InChI=1S/C10H9FN2O/c1-7-12-10(14-13-7)6-8-2-4-9(11)5-3-8/h2-5H,6H2,1H3. The lowest BCUT2D eigenvalue weighted by molar-refractivity contribution is 0.381. The Labute approximate surface area is 80.6 Å². The molecule has 0 radical (unpaired) electrons. The van der Waals surface area contributed by atoms with Crippen LogP contribution in [0, 0.1) is 12.7 Å². The molecule has 1 aromatic heterocycles. The van der Waals surface area contributed by atoms with Crippen molar-refractivity contribution in [2.45, 2.75) is 13.3 Å². The van der Waals surface area contributed by atoms with Gasteiger partial charge in [0.25, 0.3) is 0 Å². The SMILES string of the molecule is Cc1noc(Cc2ccc(F)cc2)n1. The van der Waals surface area contributed by atoms with Crippen LogP contribution in [0.3, 0.4) is 0 Å². The molecule has 1 aromatic carbocycles. The van der Waals surface area contributed by atoms with Crippen LogP contribution in [0.1, 0.15) is 17.3 Å². The first-order valence-corrected chi connectivity index (χ1v) is 4.27. The fourth-order valence-electron chi connectivity index (χ4n) is 1.19. The minimum absolute atomic E-state index is 0.240. The molecule has 0 aliphatic rings. The Morgan fingerprint density at radius 2 is 2.00 bits per heavy atom. The summed E-state index contributed by atoms with van der Waals surface area (Å²) in [6.45, 7) is 1.76. The average molecular weight is 192 g/mol. The van der Waals surface area contributed by atoms with E-state index in [4.69, 9.17) is 4.52 Å². The van der Waals surface area contributed by atoms with E-state index in [1.807, 2.05) is 0 Å². The van der Waals surface area contributed by atoms with Gasteiger partial charge >= 0.3 is 0 Å². The molecule has 0 aliphatic heterocycles. The van der Waals surface area contributed by atoms with Crippen molar-refractivity contribution in [2.24, 2.45) is 0 Å². The summed E-state index contributed by atoms with van der Waals surface area (Å²) < 4.78 is 17.5. The number of hydrogen-bond acceptors (Lipinski definition) is 3. The second-order valence-corrected chi connectivity index (χ2v) is 3.04. The van der Waals surface area contributed by atoms with Gasteiger partial charge in [-0.25, -0.2) is 4.39 Å². The Hall–Kier alpha value is -1.71. The van der Waals surface area contributed by atoms with Crippen LogP contribution in [0.5, 0.6) is 0 Å². The van der Waals surface area contributed by atoms with Gasteiger partial charge in [0.1, 0.15) is 5.82 Å². The Morgan fingerprint density at radius 1 is 1.29 bits per heavy atom. The highest BCUT2D eigenvalue weighted by molar-refractivity contribution is 5.18. The van der Waals surface area contributed by atoms with Crippen LogP contribution in [-0.4, -0.2) is 10.1 Å². The number of aryl methyl sites for hydroxylation is 1. The van der Waals surface area contributed by atoms with Crippen LogP contribution in [0.15, 0.2) is 28.8 Å². The molecule has 0 bridgehead atoms. The molecule has 14 heavy (non-hydrogen) atoms. The molecule has 0 fully saturated rings. The van der Waals surface area contributed by atoms with Gasteiger partial charge in [-0.05, 0) is 24.6 Å². The van der Waals surface area contributed by atoms with E-state index < -0.39 is 0 Å². The van der Waals surface area contributed by atoms with Gasteiger partial charge < -0.3 is 4.52 Å². The van der Waals surface area contributed by atoms with E-state index in [0.717, 1.165) is 5.56 Å². The molecule has 0 amide bonds. The third-order valence-electron chi connectivity index (χ3n) is 1.84. The highest BCUT2D eigenvalue weighted by atomic mass is 19.1. The molecule has 0 aliphatic carbocycles. The molecule has 2 rings (SSSR count). The smallest absolute Gasteiger partial charge is 0.231 e. The van der Waals surface area contributed by atoms with Gasteiger partial charge in [-0.2, -0.15) is 4.98 Å². The normalized spacial score (nSPS) is 10.4. The lowest BCUT2D eigenvalue weighted by Crippen LogP contribution is -1.88. The van der Waals surface area contributed by atoms with Crippen molar-refractivity contribution in [3.05, 3.63) is 47.4 Å². The molecule has 3 nitrogen and oxygen atoms in total. The molecule has 0 atom stereocenters. The van der Waals surface area contributed by atoms with Crippen molar-refractivity contribution in [2.75, 3.05) is 0 Å². The van der Waals surface area contributed by atoms with Crippen LogP contribution in [-0.2, 0) is 6.42 Å². The van der Waals surface area contributed by atoms with E-state index >= 15 is 0 Å². The minimum atomic E-state index is -0.240. The molecular weight excluding hydrogens is 183 g/mol. The van der Waals surface area contributed by atoms with Crippen molar-refractivity contribution in [3.8, 4) is 0 Å². The van der Waals surface area contributed by atoms with Crippen LogP contribution in [0.4, 0.5) is 4.39 Å². The van der Waals surface area contributed by atoms with Crippen molar-refractivity contribution in [1.29, 1.82) is 0 Å². The molecule has 4 heteroatoms. The van der Waals surface area contributed by atoms with Crippen LogP contribution in [0.25, 0.3) is 0 Å². The first-order valence-electron chi connectivity index (χ1n) is 4.27.